The predicted octanol–water partition coefficient (Wildman–Crippen LogP) is 2.02. The third-order valence-corrected chi connectivity index (χ3v) is 3.80. The topological polar surface area (TPSA) is 39.1 Å². The molecule has 0 aliphatic heterocycles. The Kier molecular flexibility index (Phi) is 2.52. The standard InChI is InChI=1S/C9H6BrNO2S/c10-6-5-14-7-1-2-11(3-4-12)9(13)8(6)7/h1-2,4-5H,3H2. The Labute approximate surface area is 92.1 Å². The molecule has 0 aromatic carbocycles. The molecule has 3 nitrogen and oxygen atoms in total. The molecule has 5 heteroatoms. The number of fused-ring (bicyclic) bond motifs is 1. The number of thiophene rings is 1. The highest BCUT2D eigenvalue weighted by Gasteiger charge is 2.07. The molecular formula is C9H6BrNO2S. The summed E-state index contributed by atoms with van der Waals surface area (Å²) in [5.41, 5.74) is -0.122. The van der Waals surface area contributed by atoms with Gasteiger partial charge in [0.2, 0.25) is 0 Å². The lowest BCUT2D eigenvalue weighted by molar-refractivity contribution is -0.108. The molecule has 0 bridgehead atoms. The van der Waals surface area contributed by atoms with Crippen LogP contribution in [-0.2, 0) is 11.3 Å². The lowest BCUT2D eigenvalue weighted by atomic mass is 10.3. The Morgan fingerprint density at radius 2 is 2.36 bits per heavy atom. The summed E-state index contributed by atoms with van der Waals surface area (Å²) in [6.45, 7) is 0.108. The Morgan fingerprint density at radius 3 is 3.07 bits per heavy atom. The molecule has 0 atom stereocenters. The molecule has 0 unspecified atom stereocenters. The molecule has 2 aromatic heterocycles. The zero-order valence-electron chi connectivity index (χ0n) is 7.07. The van der Waals surface area contributed by atoms with Crippen molar-refractivity contribution < 1.29 is 4.79 Å². The number of hydrogen-bond acceptors (Lipinski definition) is 3. The third-order valence-electron chi connectivity index (χ3n) is 1.93. The summed E-state index contributed by atoms with van der Waals surface area (Å²) in [6, 6.07) is 1.84. The average Bonchev–Trinajstić information content (AvgIpc) is 2.54. The molecule has 14 heavy (non-hydrogen) atoms. The minimum absolute atomic E-state index is 0.108. The van der Waals surface area contributed by atoms with Crippen LogP contribution in [0.4, 0.5) is 0 Å². The zero-order valence-corrected chi connectivity index (χ0v) is 9.47. The number of halogens is 1. The first-order chi connectivity index (χ1) is 6.74. The first-order valence-corrected chi connectivity index (χ1v) is 5.61. The van der Waals surface area contributed by atoms with Gasteiger partial charge < -0.3 is 9.36 Å². The highest BCUT2D eigenvalue weighted by atomic mass is 79.9. The Bertz CT molecular complexity index is 543. The maximum absolute atomic E-state index is 11.8. The van der Waals surface area contributed by atoms with Gasteiger partial charge in [-0.3, -0.25) is 4.79 Å². The van der Waals surface area contributed by atoms with E-state index in [-0.39, 0.29) is 12.1 Å². The smallest absolute Gasteiger partial charge is 0.260 e. The van der Waals surface area contributed by atoms with Crippen molar-refractivity contribution in [2.45, 2.75) is 6.54 Å². The van der Waals surface area contributed by atoms with Gasteiger partial charge in [-0.25, -0.2) is 0 Å². The molecule has 0 fully saturated rings. The molecule has 0 saturated carbocycles. The van der Waals surface area contributed by atoms with Gasteiger partial charge in [0.05, 0.1) is 11.9 Å². The Hall–Kier alpha value is -0.940. The summed E-state index contributed by atoms with van der Waals surface area (Å²) in [5.74, 6) is 0. The van der Waals surface area contributed by atoms with Gasteiger partial charge in [-0.2, -0.15) is 0 Å². The largest absolute Gasteiger partial charge is 0.308 e. The maximum Gasteiger partial charge on any atom is 0.260 e. The van der Waals surface area contributed by atoms with Crippen molar-refractivity contribution in [1.29, 1.82) is 0 Å². The van der Waals surface area contributed by atoms with Crippen molar-refractivity contribution in [3.05, 3.63) is 32.5 Å². The van der Waals surface area contributed by atoms with Crippen molar-refractivity contribution in [1.82, 2.24) is 4.57 Å². The Morgan fingerprint density at radius 1 is 1.57 bits per heavy atom. The summed E-state index contributed by atoms with van der Waals surface area (Å²) in [4.78, 5) is 22.1. The molecule has 2 aromatic rings. The highest BCUT2D eigenvalue weighted by Crippen LogP contribution is 2.26. The summed E-state index contributed by atoms with van der Waals surface area (Å²) >= 11 is 4.82. The van der Waals surface area contributed by atoms with E-state index in [1.54, 1.807) is 6.20 Å². The lowest BCUT2D eigenvalue weighted by Crippen LogP contribution is -2.19. The molecule has 72 valence electrons. The van der Waals surface area contributed by atoms with Crippen LogP contribution in [0.5, 0.6) is 0 Å². The second-order valence-corrected chi connectivity index (χ2v) is 4.53. The van der Waals surface area contributed by atoms with Gasteiger partial charge >= 0.3 is 0 Å². The molecule has 0 saturated heterocycles. The van der Waals surface area contributed by atoms with Crippen molar-refractivity contribution in [2.75, 3.05) is 0 Å². The van der Waals surface area contributed by atoms with Gasteiger partial charge in [-0.1, -0.05) is 0 Å². The second-order valence-electron chi connectivity index (χ2n) is 2.76. The fourth-order valence-electron chi connectivity index (χ4n) is 1.27. The number of aromatic nitrogens is 1. The summed E-state index contributed by atoms with van der Waals surface area (Å²) < 4.78 is 3.12. The van der Waals surface area contributed by atoms with Crippen LogP contribution in [0.2, 0.25) is 0 Å². The first-order valence-electron chi connectivity index (χ1n) is 3.94. The van der Waals surface area contributed by atoms with E-state index >= 15 is 0 Å². The third kappa shape index (κ3) is 1.42. The summed E-state index contributed by atoms with van der Waals surface area (Å²) in [5, 5.41) is 2.52. The SMILES string of the molecule is O=CCn1ccc2scc(Br)c2c1=O. The number of hydrogen-bond donors (Lipinski definition) is 0. The van der Waals surface area contributed by atoms with E-state index in [4.69, 9.17) is 0 Å². The number of nitrogens with zero attached hydrogens (tertiary/aromatic N) is 1. The second kappa shape index (κ2) is 3.67. The zero-order chi connectivity index (χ0) is 10.1. The van der Waals surface area contributed by atoms with Gasteiger partial charge in [0.1, 0.15) is 6.29 Å². The van der Waals surface area contributed by atoms with Crippen LogP contribution in [0.15, 0.2) is 26.9 Å². The molecule has 2 rings (SSSR count). The van der Waals surface area contributed by atoms with Crippen LogP contribution >= 0.6 is 27.3 Å². The number of rotatable bonds is 2. The fourth-order valence-corrected chi connectivity index (χ4v) is 2.87. The molecule has 0 spiro atoms. The van der Waals surface area contributed by atoms with Crippen molar-refractivity contribution in [2.24, 2.45) is 0 Å². The van der Waals surface area contributed by atoms with Crippen molar-refractivity contribution >= 4 is 43.6 Å². The van der Waals surface area contributed by atoms with E-state index in [2.05, 4.69) is 15.9 Å². The summed E-state index contributed by atoms with van der Waals surface area (Å²) in [6.07, 6.45) is 2.36. The van der Waals surface area contributed by atoms with Crippen LogP contribution in [0.3, 0.4) is 0 Å². The van der Waals surface area contributed by atoms with Gasteiger partial charge in [0.25, 0.3) is 5.56 Å². The van der Waals surface area contributed by atoms with Gasteiger partial charge in [0.15, 0.2) is 0 Å². The fraction of sp³-hybridized carbons (Fsp3) is 0.111. The van der Waals surface area contributed by atoms with Crippen LogP contribution in [-0.4, -0.2) is 10.9 Å². The maximum atomic E-state index is 11.8. The van der Waals surface area contributed by atoms with Crippen molar-refractivity contribution in [3.8, 4) is 0 Å². The molecule has 0 amide bonds. The predicted molar refractivity (Wildman–Crippen MR) is 59.8 cm³/mol. The normalized spacial score (nSPS) is 10.6. The van der Waals surface area contributed by atoms with E-state index in [1.165, 1.54) is 15.9 Å². The monoisotopic (exact) mass is 271 g/mol. The molecule has 2 heterocycles. The number of carbonyl (C=O) groups is 1. The van der Waals surface area contributed by atoms with Crippen LogP contribution < -0.4 is 5.56 Å². The molecule has 0 radical (unpaired) electrons. The van der Waals surface area contributed by atoms with Crippen LogP contribution in [0, 0.1) is 0 Å². The van der Waals surface area contributed by atoms with Gasteiger partial charge in [-0.15, -0.1) is 11.3 Å². The van der Waals surface area contributed by atoms with Crippen LogP contribution in [0.1, 0.15) is 0 Å². The average molecular weight is 272 g/mol. The van der Waals surface area contributed by atoms with Crippen molar-refractivity contribution in [3.63, 3.8) is 0 Å². The minimum atomic E-state index is -0.122. The number of carbonyl (C=O) groups excluding carboxylic acids is 1. The van der Waals surface area contributed by atoms with E-state index < -0.39 is 0 Å². The van der Waals surface area contributed by atoms with Crippen LogP contribution in [0.25, 0.3) is 10.1 Å². The quantitative estimate of drug-likeness (QED) is 0.784. The van der Waals surface area contributed by atoms with Gasteiger partial charge in [0, 0.05) is 20.7 Å². The first kappa shape index (κ1) is 9.61. The highest BCUT2D eigenvalue weighted by molar-refractivity contribution is 9.10. The minimum Gasteiger partial charge on any atom is -0.308 e. The molecule has 0 aliphatic rings. The molecule has 0 aliphatic carbocycles. The lowest BCUT2D eigenvalue weighted by Gasteiger charge is -1.99. The number of aldehydes is 1. The molecular weight excluding hydrogens is 266 g/mol. The van der Waals surface area contributed by atoms with E-state index in [1.807, 2.05) is 11.4 Å². The van der Waals surface area contributed by atoms with E-state index in [9.17, 15) is 9.59 Å². The molecule has 0 N–H and O–H groups in total. The van der Waals surface area contributed by atoms with E-state index in [0.29, 0.717) is 11.7 Å². The Balaban J connectivity index is 2.79. The summed E-state index contributed by atoms with van der Waals surface area (Å²) in [7, 11) is 0. The number of pyridine rings is 1. The van der Waals surface area contributed by atoms with Gasteiger partial charge in [-0.05, 0) is 22.0 Å². The van der Waals surface area contributed by atoms with E-state index in [0.717, 1.165) is 9.17 Å².